The molecule has 0 saturated carbocycles. The van der Waals surface area contributed by atoms with E-state index < -0.39 is 15.8 Å². The SMILES string of the molecule is CC(C)(C)OC(=O)N1CC(OC2CCN(S(N)(=O)=O)CC2)C1. The molecule has 2 heterocycles. The van der Waals surface area contributed by atoms with E-state index >= 15 is 0 Å². The molecule has 0 aromatic carbocycles. The molecule has 128 valence electrons. The highest BCUT2D eigenvalue weighted by atomic mass is 32.2. The molecule has 0 spiro atoms. The fourth-order valence-corrected chi connectivity index (χ4v) is 3.21. The van der Waals surface area contributed by atoms with E-state index in [9.17, 15) is 13.2 Å². The van der Waals surface area contributed by atoms with Crippen LogP contribution in [0.2, 0.25) is 0 Å². The van der Waals surface area contributed by atoms with Crippen LogP contribution in [0, 0.1) is 0 Å². The van der Waals surface area contributed by atoms with Crippen LogP contribution in [-0.2, 0) is 19.7 Å². The highest BCUT2D eigenvalue weighted by molar-refractivity contribution is 7.86. The number of nitrogens with two attached hydrogens (primary N) is 1. The molecule has 2 aliphatic heterocycles. The highest BCUT2D eigenvalue weighted by Crippen LogP contribution is 2.22. The van der Waals surface area contributed by atoms with Gasteiger partial charge in [0.25, 0.3) is 10.2 Å². The van der Waals surface area contributed by atoms with Crippen LogP contribution in [-0.4, -0.2) is 67.7 Å². The lowest BCUT2D eigenvalue weighted by atomic mass is 10.1. The van der Waals surface area contributed by atoms with E-state index in [2.05, 4.69) is 0 Å². The molecule has 0 aromatic heterocycles. The predicted molar refractivity (Wildman–Crippen MR) is 80.4 cm³/mol. The Labute approximate surface area is 131 Å². The Morgan fingerprint density at radius 3 is 2.14 bits per heavy atom. The van der Waals surface area contributed by atoms with Gasteiger partial charge in [-0.2, -0.15) is 12.7 Å². The zero-order chi connectivity index (χ0) is 16.5. The molecule has 2 rings (SSSR count). The Balaban J connectivity index is 1.68. The quantitative estimate of drug-likeness (QED) is 0.798. The zero-order valence-corrected chi connectivity index (χ0v) is 14.1. The predicted octanol–water partition coefficient (Wildman–Crippen LogP) is 0.290. The number of carbonyl (C=O) groups is 1. The lowest BCUT2D eigenvalue weighted by molar-refractivity contribution is -0.103. The van der Waals surface area contributed by atoms with Gasteiger partial charge in [-0.3, -0.25) is 0 Å². The van der Waals surface area contributed by atoms with Crippen LogP contribution >= 0.6 is 0 Å². The number of rotatable bonds is 3. The Morgan fingerprint density at radius 1 is 1.14 bits per heavy atom. The minimum absolute atomic E-state index is 0.00134. The van der Waals surface area contributed by atoms with Crippen molar-refractivity contribution in [2.75, 3.05) is 26.2 Å². The lowest BCUT2D eigenvalue weighted by Gasteiger charge is -2.42. The first-order valence-electron chi connectivity index (χ1n) is 7.46. The molecule has 0 radical (unpaired) electrons. The number of hydrogen-bond acceptors (Lipinski definition) is 5. The molecule has 0 aliphatic carbocycles. The summed E-state index contributed by atoms with van der Waals surface area (Å²) in [6.07, 6.45) is 0.942. The normalized spacial score (nSPS) is 22.5. The second-order valence-corrected chi connectivity index (χ2v) is 8.33. The third-order valence-corrected chi connectivity index (χ3v) is 4.73. The van der Waals surface area contributed by atoms with Gasteiger partial charge in [0.15, 0.2) is 0 Å². The van der Waals surface area contributed by atoms with Crippen molar-refractivity contribution in [1.82, 2.24) is 9.21 Å². The first kappa shape index (κ1) is 17.5. The molecular formula is C13H25N3O5S. The van der Waals surface area contributed by atoms with E-state index in [1.165, 1.54) is 4.31 Å². The summed E-state index contributed by atoms with van der Waals surface area (Å²) < 4.78 is 34.9. The van der Waals surface area contributed by atoms with Crippen LogP contribution in [0.3, 0.4) is 0 Å². The monoisotopic (exact) mass is 335 g/mol. The van der Waals surface area contributed by atoms with Crippen LogP contribution < -0.4 is 5.14 Å². The molecule has 0 aromatic rings. The summed E-state index contributed by atoms with van der Waals surface area (Å²) in [5.74, 6) is 0. The summed E-state index contributed by atoms with van der Waals surface area (Å²) in [5, 5.41) is 5.10. The number of likely N-dealkylation sites (tertiary alicyclic amines) is 1. The van der Waals surface area contributed by atoms with E-state index in [4.69, 9.17) is 14.6 Å². The number of piperidine rings is 1. The third-order valence-electron chi connectivity index (χ3n) is 3.65. The van der Waals surface area contributed by atoms with Crippen LogP contribution in [0.1, 0.15) is 33.6 Å². The van der Waals surface area contributed by atoms with Crippen LogP contribution in [0.25, 0.3) is 0 Å². The third kappa shape index (κ3) is 4.80. The van der Waals surface area contributed by atoms with Gasteiger partial charge in [0, 0.05) is 13.1 Å². The van der Waals surface area contributed by atoms with Crippen molar-refractivity contribution in [3.63, 3.8) is 0 Å². The fraction of sp³-hybridized carbons (Fsp3) is 0.923. The van der Waals surface area contributed by atoms with Gasteiger partial charge < -0.3 is 14.4 Å². The summed E-state index contributed by atoms with van der Waals surface area (Å²) in [6.45, 7) is 7.29. The van der Waals surface area contributed by atoms with E-state index in [1.54, 1.807) is 4.90 Å². The molecule has 22 heavy (non-hydrogen) atoms. The maximum atomic E-state index is 11.8. The molecule has 0 bridgehead atoms. The van der Waals surface area contributed by atoms with Crippen LogP contribution in [0.4, 0.5) is 4.79 Å². The zero-order valence-electron chi connectivity index (χ0n) is 13.3. The van der Waals surface area contributed by atoms with Gasteiger partial charge in [0.1, 0.15) is 5.60 Å². The minimum atomic E-state index is -3.60. The average Bonchev–Trinajstić information content (AvgIpc) is 2.30. The summed E-state index contributed by atoms with van der Waals surface area (Å²) >= 11 is 0. The van der Waals surface area contributed by atoms with Gasteiger partial charge in [-0.25, -0.2) is 9.93 Å². The number of nitrogens with zero attached hydrogens (tertiary/aromatic N) is 2. The molecule has 8 nitrogen and oxygen atoms in total. The van der Waals surface area contributed by atoms with E-state index in [0.29, 0.717) is 39.0 Å². The topological polar surface area (TPSA) is 102 Å². The Bertz CT molecular complexity index is 502. The number of ether oxygens (including phenoxy) is 2. The van der Waals surface area contributed by atoms with Crippen molar-refractivity contribution in [2.45, 2.75) is 51.4 Å². The second-order valence-electron chi connectivity index (χ2n) is 6.79. The van der Waals surface area contributed by atoms with E-state index in [1.807, 2.05) is 20.8 Å². The minimum Gasteiger partial charge on any atom is -0.444 e. The van der Waals surface area contributed by atoms with E-state index in [-0.39, 0.29) is 18.3 Å². The molecule has 2 fully saturated rings. The molecule has 2 aliphatic rings. The largest absolute Gasteiger partial charge is 0.444 e. The van der Waals surface area contributed by atoms with Crippen molar-refractivity contribution >= 4 is 16.3 Å². The van der Waals surface area contributed by atoms with Gasteiger partial charge in [0.05, 0.1) is 25.3 Å². The molecular weight excluding hydrogens is 310 g/mol. The first-order valence-corrected chi connectivity index (χ1v) is 8.96. The maximum absolute atomic E-state index is 11.8. The molecule has 2 saturated heterocycles. The van der Waals surface area contributed by atoms with Crippen molar-refractivity contribution in [2.24, 2.45) is 5.14 Å². The van der Waals surface area contributed by atoms with Gasteiger partial charge in [-0.05, 0) is 33.6 Å². The summed E-state index contributed by atoms with van der Waals surface area (Å²) in [5.41, 5.74) is -0.496. The first-order chi connectivity index (χ1) is 10.0. The average molecular weight is 335 g/mol. The molecule has 2 N–H and O–H groups in total. The molecule has 1 amide bonds. The number of hydrogen-bond donors (Lipinski definition) is 1. The van der Waals surface area contributed by atoms with Crippen LogP contribution in [0.5, 0.6) is 0 Å². The van der Waals surface area contributed by atoms with Crippen LogP contribution in [0.15, 0.2) is 0 Å². The fourth-order valence-electron chi connectivity index (χ4n) is 2.49. The van der Waals surface area contributed by atoms with Gasteiger partial charge in [-0.15, -0.1) is 0 Å². The molecule has 0 atom stereocenters. The molecule has 9 heteroatoms. The van der Waals surface area contributed by atoms with Crippen molar-refractivity contribution in [3.05, 3.63) is 0 Å². The number of carbonyl (C=O) groups excluding carboxylic acids is 1. The highest BCUT2D eigenvalue weighted by Gasteiger charge is 2.36. The smallest absolute Gasteiger partial charge is 0.410 e. The Hall–Kier alpha value is -0.900. The summed E-state index contributed by atoms with van der Waals surface area (Å²) in [6, 6.07) is 0. The van der Waals surface area contributed by atoms with E-state index in [0.717, 1.165) is 0 Å². The lowest BCUT2D eigenvalue weighted by Crippen LogP contribution is -2.57. The molecule has 0 unspecified atom stereocenters. The standard InChI is InChI=1S/C13H25N3O5S/c1-13(2,3)21-12(17)15-8-11(9-15)20-10-4-6-16(7-5-10)22(14,18)19/h10-11H,4-9H2,1-3H3,(H2,14,18,19). The Morgan fingerprint density at radius 2 is 1.68 bits per heavy atom. The van der Waals surface area contributed by atoms with Gasteiger partial charge in [-0.1, -0.05) is 0 Å². The van der Waals surface area contributed by atoms with Gasteiger partial charge >= 0.3 is 6.09 Å². The summed E-state index contributed by atoms with van der Waals surface area (Å²) in [4.78, 5) is 13.4. The van der Waals surface area contributed by atoms with Crippen molar-refractivity contribution in [3.8, 4) is 0 Å². The van der Waals surface area contributed by atoms with Crippen molar-refractivity contribution < 1.29 is 22.7 Å². The van der Waals surface area contributed by atoms with Crippen molar-refractivity contribution in [1.29, 1.82) is 0 Å². The maximum Gasteiger partial charge on any atom is 0.410 e. The Kier molecular flexibility index (Phi) is 5.00. The second kappa shape index (κ2) is 6.31. The number of amides is 1. The van der Waals surface area contributed by atoms with Gasteiger partial charge in [0.2, 0.25) is 0 Å². The summed E-state index contributed by atoms with van der Waals surface area (Å²) in [7, 11) is -3.60.